The Balaban J connectivity index is 0.000000280. The second-order valence-corrected chi connectivity index (χ2v) is 4.53. The lowest BCUT2D eigenvalue weighted by Gasteiger charge is -2.02. The lowest BCUT2D eigenvalue weighted by molar-refractivity contribution is -0.144. The summed E-state index contributed by atoms with van der Waals surface area (Å²) < 4.78 is 62.0. The van der Waals surface area contributed by atoms with Crippen molar-refractivity contribution in [3.8, 4) is 0 Å². The van der Waals surface area contributed by atoms with Crippen LogP contribution in [0.3, 0.4) is 0 Å². The fourth-order valence-electron chi connectivity index (χ4n) is 0.873. The predicted molar refractivity (Wildman–Crippen MR) is 54.2 cm³/mol. The predicted octanol–water partition coefficient (Wildman–Crippen LogP) is 0.876. The molecule has 0 unspecified atom stereocenters. The molecule has 2 rings (SSSR count). The molecule has 2 heterocycles. The Morgan fingerprint density at radius 2 is 1.89 bits per heavy atom. The van der Waals surface area contributed by atoms with Crippen molar-refractivity contribution in [3.05, 3.63) is 18.3 Å². The molecule has 0 bridgehead atoms. The number of nitrogens with zero attached hydrogens (tertiary/aromatic N) is 3. The zero-order chi connectivity index (χ0) is 14.0. The van der Waals surface area contributed by atoms with E-state index >= 15 is 0 Å². The highest BCUT2D eigenvalue weighted by Gasteiger charge is 2.34. The van der Waals surface area contributed by atoms with Crippen molar-refractivity contribution in [1.82, 2.24) is 19.9 Å². The Hall–Kier alpha value is -1.75. The summed E-state index contributed by atoms with van der Waals surface area (Å²) in [6, 6.07) is 0. The van der Waals surface area contributed by atoms with Crippen molar-refractivity contribution in [1.29, 1.82) is 0 Å². The Bertz CT molecular complexity index is 629. The van der Waals surface area contributed by atoms with Gasteiger partial charge in [0.2, 0.25) is 5.82 Å². The van der Waals surface area contributed by atoms with Gasteiger partial charge in [-0.15, -0.1) is 0 Å². The molecule has 0 aliphatic carbocycles. The minimum absolute atomic E-state index is 0.0160. The largest absolute Gasteiger partial charge is 0.451 e. The van der Waals surface area contributed by atoms with Crippen LogP contribution in [-0.4, -0.2) is 39.2 Å². The normalized spacial score (nSPS) is 12.1. The van der Waals surface area contributed by atoms with Crippen molar-refractivity contribution in [2.75, 3.05) is 6.26 Å². The molecule has 0 fully saturated rings. The molecule has 11 heteroatoms. The Labute approximate surface area is 98.8 Å². The molecule has 100 valence electrons. The average molecular weight is 284 g/mol. The van der Waals surface area contributed by atoms with Gasteiger partial charge in [-0.2, -0.15) is 21.6 Å². The average Bonchev–Trinajstić information content (AvgIpc) is 2.59. The van der Waals surface area contributed by atoms with Crippen LogP contribution in [0.25, 0.3) is 11.2 Å². The molecule has 2 N–H and O–H groups in total. The van der Waals surface area contributed by atoms with Gasteiger partial charge in [0.25, 0.3) is 10.1 Å². The zero-order valence-electron chi connectivity index (χ0n) is 8.80. The number of fused-ring (bicyclic) bond motifs is 1. The number of H-pyrrole nitrogens is 1. The number of aromatic nitrogens is 4. The highest BCUT2D eigenvalue weighted by Crippen LogP contribution is 2.26. The minimum atomic E-state index is -4.52. The fourth-order valence-corrected chi connectivity index (χ4v) is 0.873. The molecule has 0 aliphatic rings. The molecule has 0 spiro atoms. The van der Waals surface area contributed by atoms with Crippen LogP contribution in [0, 0.1) is 0 Å². The summed E-state index contributed by atoms with van der Waals surface area (Å²) in [5.74, 6) is -1.17. The van der Waals surface area contributed by atoms with Crippen LogP contribution < -0.4 is 0 Å². The molecule has 0 saturated heterocycles. The van der Waals surface area contributed by atoms with E-state index in [1.165, 1.54) is 6.33 Å². The van der Waals surface area contributed by atoms with Crippen LogP contribution >= 0.6 is 0 Å². The van der Waals surface area contributed by atoms with Gasteiger partial charge in [0, 0.05) is 0 Å². The molecule has 0 aliphatic heterocycles. The summed E-state index contributed by atoms with van der Waals surface area (Å²) in [7, 11) is -3.67. The first-order valence-corrected chi connectivity index (χ1v) is 6.08. The summed E-state index contributed by atoms with van der Waals surface area (Å²) in [6.07, 6.45) is -1.49. The minimum Gasteiger partial charge on any atom is -0.342 e. The number of imidazole rings is 1. The fraction of sp³-hybridized carbons (Fsp3) is 0.286. The number of halogens is 3. The van der Waals surface area contributed by atoms with E-state index in [1.807, 2.05) is 0 Å². The summed E-state index contributed by atoms with van der Waals surface area (Å²) in [5.41, 5.74) is 0.398. The highest BCUT2D eigenvalue weighted by atomic mass is 32.2. The summed E-state index contributed by atoms with van der Waals surface area (Å²) in [6.45, 7) is 0. The smallest absolute Gasteiger partial charge is 0.342 e. The maximum atomic E-state index is 12.1. The van der Waals surface area contributed by atoms with E-state index in [1.54, 1.807) is 0 Å². The van der Waals surface area contributed by atoms with Crippen molar-refractivity contribution in [3.63, 3.8) is 0 Å². The third-order valence-corrected chi connectivity index (χ3v) is 1.43. The van der Waals surface area contributed by atoms with Crippen LogP contribution in [0.1, 0.15) is 5.82 Å². The molecule has 0 amide bonds. The number of hydrogen-bond acceptors (Lipinski definition) is 5. The van der Waals surface area contributed by atoms with E-state index in [0.717, 1.165) is 6.20 Å². The number of alkyl halides is 3. The molecule has 0 radical (unpaired) electrons. The topological polar surface area (TPSA) is 109 Å². The van der Waals surface area contributed by atoms with Crippen LogP contribution in [0.2, 0.25) is 0 Å². The van der Waals surface area contributed by atoms with Gasteiger partial charge in [0.15, 0.2) is 5.65 Å². The van der Waals surface area contributed by atoms with E-state index in [9.17, 15) is 21.6 Å². The van der Waals surface area contributed by atoms with E-state index in [0.29, 0.717) is 11.8 Å². The Kier molecular flexibility index (Phi) is 3.86. The molecule has 2 aromatic rings. The van der Waals surface area contributed by atoms with Gasteiger partial charge in [0.05, 0.1) is 18.8 Å². The van der Waals surface area contributed by atoms with Gasteiger partial charge < -0.3 is 4.98 Å². The quantitative estimate of drug-likeness (QED) is 0.695. The second kappa shape index (κ2) is 4.86. The first-order valence-electron chi connectivity index (χ1n) is 4.23. The van der Waals surface area contributed by atoms with Crippen LogP contribution in [0.4, 0.5) is 13.2 Å². The van der Waals surface area contributed by atoms with Gasteiger partial charge in [-0.05, 0) is 0 Å². The third kappa shape index (κ3) is 4.63. The number of aromatic amines is 1. The monoisotopic (exact) mass is 284 g/mol. The highest BCUT2D eigenvalue weighted by molar-refractivity contribution is 7.85. The van der Waals surface area contributed by atoms with E-state index in [2.05, 4.69) is 19.9 Å². The zero-order valence-corrected chi connectivity index (χ0v) is 9.62. The van der Waals surface area contributed by atoms with Gasteiger partial charge in [0.1, 0.15) is 5.52 Å². The summed E-state index contributed by atoms with van der Waals surface area (Å²) >= 11 is 0. The molecular formula is C7H7F3N4O3S. The third-order valence-electron chi connectivity index (χ3n) is 1.43. The molecule has 2 aromatic heterocycles. The van der Waals surface area contributed by atoms with Crippen molar-refractivity contribution in [2.24, 2.45) is 0 Å². The van der Waals surface area contributed by atoms with Crippen molar-refractivity contribution in [2.45, 2.75) is 6.18 Å². The van der Waals surface area contributed by atoms with Gasteiger partial charge in [-0.3, -0.25) is 4.55 Å². The van der Waals surface area contributed by atoms with E-state index in [4.69, 9.17) is 4.55 Å². The van der Waals surface area contributed by atoms with Crippen molar-refractivity contribution < 1.29 is 26.1 Å². The maximum absolute atomic E-state index is 12.1. The SMILES string of the molecule is CS(=O)(=O)O.FC(F)(F)c1ncc2[nH]cnc2n1. The summed E-state index contributed by atoms with van der Waals surface area (Å²) in [5, 5.41) is 0. The number of rotatable bonds is 0. The molecular weight excluding hydrogens is 277 g/mol. The lowest BCUT2D eigenvalue weighted by Crippen LogP contribution is -2.10. The molecule has 0 atom stereocenters. The first-order chi connectivity index (χ1) is 8.07. The summed E-state index contributed by atoms with van der Waals surface area (Å²) in [4.78, 5) is 12.6. The van der Waals surface area contributed by atoms with Gasteiger partial charge in [-0.1, -0.05) is 0 Å². The van der Waals surface area contributed by atoms with Crippen LogP contribution in [0.15, 0.2) is 12.5 Å². The first kappa shape index (κ1) is 14.3. The second-order valence-electron chi connectivity index (χ2n) is 3.06. The van der Waals surface area contributed by atoms with Crippen LogP contribution in [0.5, 0.6) is 0 Å². The Morgan fingerprint density at radius 1 is 1.33 bits per heavy atom. The maximum Gasteiger partial charge on any atom is 0.451 e. The Morgan fingerprint density at radius 3 is 2.39 bits per heavy atom. The molecule has 0 aromatic carbocycles. The lowest BCUT2D eigenvalue weighted by atomic mass is 10.5. The van der Waals surface area contributed by atoms with Crippen molar-refractivity contribution >= 4 is 21.3 Å². The molecule has 7 nitrogen and oxygen atoms in total. The van der Waals surface area contributed by atoms with Gasteiger partial charge in [-0.25, -0.2) is 15.0 Å². The van der Waals surface area contributed by atoms with Gasteiger partial charge >= 0.3 is 6.18 Å². The molecule has 0 saturated carbocycles. The van der Waals surface area contributed by atoms with E-state index in [-0.39, 0.29) is 5.65 Å². The standard InChI is InChI=1S/C6H3F3N4.CH4O3S/c7-6(8,9)5-10-1-3-4(13-5)12-2-11-3;1-5(2,3)4/h1-2H,(H,10,11,12,13);1H3,(H,2,3,4). The molecule has 18 heavy (non-hydrogen) atoms. The number of hydrogen-bond donors (Lipinski definition) is 2. The number of nitrogens with one attached hydrogen (secondary N) is 1. The van der Waals surface area contributed by atoms with E-state index < -0.39 is 22.1 Å². The van der Waals surface area contributed by atoms with Crippen LogP contribution in [-0.2, 0) is 16.3 Å².